The first kappa shape index (κ1) is 17.4. The molecule has 0 atom stereocenters. The van der Waals surface area contributed by atoms with Crippen LogP contribution in [0.4, 0.5) is 13.2 Å². The smallest absolute Gasteiger partial charge is 0.372 e. The lowest BCUT2D eigenvalue weighted by Gasteiger charge is -2.19. The molecular formula is C13H21F3N2OS. The minimum atomic E-state index is -4.44. The minimum Gasteiger partial charge on any atom is -0.372 e. The quantitative estimate of drug-likeness (QED) is 0.868. The van der Waals surface area contributed by atoms with Gasteiger partial charge in [-0.1, -0.05) is 13.8 Å². The monoisotopic (exact) mass is 310 g/mol. The Labute approximate surface area is 121 Å². The molecule has 0 saturated carbocycles. The van der Waals surface area contributed by atoms with Crippen LogP contribution < -0.4 is 5.32 Å². The van der Waals surface area contributed by atoms with Gasteiger partial charge in [-0.3, -0.25) is 0 Å². The van der Waals surface area contributed by atoms with Crippen molar-refractivity contribution < 1.29 is 17.9 Å². The van der Waals surface area contributed by atoms with Gasteiger partial charge in [0.2, 0.25) is 0 Å². The number of rotatable bonds is 6. The molecule has 0 aliphatic rings. The first-order valence-corrected chi connectivity index (χ1v) is 7.22. The fraction of sp³-hybridized carbons (Fsp3) is 0.769. The molecule has 1 aromatic heterocycles. The van der Waals surface area contributed by atoms with Gasteiger partial charge in [-0.15, -0.1) is 11.3 Å². The van der Waals surface area contributed by atoms with E-state index in [0.717, 1.165) is 11.3 Å². The normalized spacial score (nSPS) is 13.2. The number of halogens is 3. The number of nitrogens with zero attached hydrogens (tertiary/aromatic N) is 1. The Kier molecular flexibility index (Phi) is 5.57. The number of thiazole rings is 1. The van der Waals surface area contributed by atoms with E-state index in [0.29, 0.717) is 17.5 Å². The van der Waals surface area contributed by atoms with Crippen molar-refractivity contribution in [2.45, 2.75) is 46.0 Å². The average molecular weight is 310 g/mol. The lowest BCUT2D eigenvalue weighted by Crippen LogP contribution is -2.21. The average Bonchev–Trinajstić information content (AvgIpc) is 2.73. The van der Waals surface area contributed by atoms with Crippen molar-refractivity contribution in [1.82, 2.24) is 10.3 Å². The van der Waals surface area contributed by atoms with Crippen molar-refractivity contribution >= 4 is 11.3 Å². The van der Waals surface area contributed by atoms with E-state index in [1.54, 1.807) is 13.8 Å². The molecular weight excluding hydrogens is 289 g/mol. The Bertz CT molecular complexity index is 441. The van der Waals surface area contributed by atoms with E-state index >= 15 is 0 Å². The van der Waals surface area contributed by atoms with Gasteiger partial charge in [0.1, 0.15) is 10.6 Å². The molecule has 1 heterocycles. The van der Waals surface area contributed by atoms with Crippen LogP contribution in [0.3, 0.4) is 0 Å². The minimum absolute atomic E-state index is 0.171. The van der Waals surface area contributed by atoms with Gasteiger partial charge in [-0.05, 0) is 26.3 Å². The van der Waals surface area contributed by atoms with Crippen LogP contribution in [0.2, 0.25) is 0 Å². The van der Waals surface area contributed by atoms with Gasteiger partial charge in [0.15, 0.2) is 5.69 Å². The number of alkyl halides is 3. The van der Waals surface area contributed by atoms with Gasteiger partial charge in [-0.2, -0.15) is 13.2 Å². The molecule has 1 aromatic rings. The third-order valence-electron chi connectivity index (χ3n) is 2.83. The molecule has 116 valence electrons. The SMILES string of the molecule is COC(C)(C)c1nc(C(F)(F)F)c(CNCC(C)C)s1. The van der Waals surface area contributed by atoms with Crippen molar-refractivity contribution in [1.29, 1.82) is 0 Å². The van der Waals surface area contributed by atoms with Crippen LogP contribution in [-0.4, -0.2) is 18.6 Å². The van der Waals surface area contributed by atoms with E-state index in [4.69, 9.17) is 4.74 Å². The van der Waals surface area contributed by atoms with E-state index in [9.17, 15) is 13.2 Å². The molecule has 20 heavy (non-hydrogen) atoms. The molecule has 0 radical (unpaired) electrons. The highest BCUT2D eigenvalue weighted by molar-refractivity contribution is 7.11. The fourth-order valence-corrected chi connectivity index (χ4v) is 2.64. The first-order chi connectivity index (χ1) is 9.08. The molecule has 1 rings (SSSR count). The second kappa shape index (κ2) is 6.41. The van der Waals surface area contributed by atoms with E-state index in [1.807, 2.05) is 13.8 Å². The zero-order chi connectivity index (χ0) is 15.6. The lowest BCUT2D eigenvalue weighted by atomic mass is 10.1. The Morgan fingerprint density at radius 1 is 1.30 bits per heavy atom. The summed E-state index contributed by atoms with van der Waals surface area (Å²) in [5, 5.41) is 3.37. The topological polar surface area (TPSA) is 34.1 Å². The predicted molar refractivity (Wildman–Crippen MR) is 73.7 cm³/mol. The summed E-state index contributed by atoms with van der Waals surface area (Å²) < 4.78 is 44.3. The van der Waals surface area contributed by atoms with Crippen LogP contribution in [-0.2, 0) is 23.1 Å². The highest BCUT2D eigenvalue weighted by Crippen LogP contribution is 2.38. The van der Waals surface area contributed by atoms with Crippen LogP contribution >= 0.6 is 11.3 Å². The van der Waals surface area contributed by atoms with Crippen molar-refractivity contribution in [3.05, 3.63) is 15.6 Å². The molecule has 0 spiro atoms. The van der Waals surface area contributed by atoms with Crippen molar-refractivity contribution in [2.24, 2.45) is 5.92 Å². The summed E-state index contributed by atoms with van der Waals surface area (Å²) >= 11 is 1.05. The Morgan fingerprint density at radius 2 is 1.90 bits per heavy atom. The van der Waals surface area contributed by atoms with Crippen LogP contribution in [0.15, 0.2) is 0 Å². The maximum absolute atomic E-state index is 13.0. The molecule has 1 N–H and O–H groups in total. The standard InChI is InChI=1S/C13H21F3N2OS/c1-8(2)6-17-7-9-10(13(14,15)16)18-11(20-9)12(3,4)19-5/h8,17H,6-7H2,1-5H3. The van der Waals surface area contributed by atoms with E-state index in [1.165, 1.54) is 7.11 Å². The van der Waals surface area contributed by atoms with Crippen molar-refractivity contribution in [2.75, 3.05) is 13.7 Å². The molecule has 0 fully saturated rings. The highest BCUT2D eigenvalue weighted by atomic mass is 32.1. The lowest BCUT2D eigenvalue weighted by molar-refractivity contribution is -0.141. The van der Waals surface area contributed by atoms with Gasteiger partial charge >= 0.3 is 6.18 Å². The highest BCUT2D eigenvalue weighted by Gasteiger charge is 2.39. The molecule has 3 nitrogen and oxygen atoms in total. The molecule has 0 amide bonds. The molecule has 7 heteroatoms. The van der Waals surface area contributed by atoms with Gasteiger partial charge in [0.25, 0.3) is 0 Å². The van der Waals surface area contributed by atoms with Gasteiger partial charge in [-0.25, -0.2) is 4.98 Å². The van der Waals surface area contributed by atoms with Crippen molar-refractivity contribution in [3.8, 4) is 0 Å². The van der Waals surface area contributed by atoms with E-state index in [-0.39, 0.29) is 11.4 Å². The molecule has 0 saturated heterocycles. The number of methoxy groups -OCH3 is 1. The molecule has 0 bridgehead atoms. The molecule has 0 aromatic carbocycles. The van der Waals surface area contributed by atoms with Gasteiger partial charge in [0.05, 0.1) is 4.88 Å². The summed E-state index contributed by atoms with van der Waals surface area (Å²) in [6.45, 7) is 8.25. The third-order valence-corrected chi connectivity index (χ3v) is 4.19. The zero-order valence-corrected chi connectivity index (χ0v) is 13.2. The van der Waals surface area contributed by atoms with Crippen LogP contribution in [0.1, 0.15) is 43.3 Å². The number of ether oxygens (including phenoxy) is 1. The van der Waals surface area contributed by atoms with Crippen LogP contribution in [0, 0.1) is 5.92 Å². The van der Waals surface area contributed by atoms with Crippen LogP contribution in [0.5, 0.6) is 0 Å². The largest absolute Gasteiger partial charge is 0.434 e. The third kappa shape index (κ3) is 4.43. The number of hydrogen-bond donors (Lipinski definition) is 1. The molecule has 0 aliphatic heterocycles. The summed E-state index contributed by atoms with van der Waals surface area (Å²) in [4.78, 5) is 3.96. The van der Waals surface area contributed by atoms with Gasteiger partial charge in [0, 0.05) is 13.7 Å². The maximum Gasteiger partial charge on any atom is 0.434 e. The zero-order valence-electron chi connectivity index (χ0n) is 12.4. The van der Waals surface area contributed by atoms with E-state index in [2.05, 4.69) is 10.3 Å². The number of hydrogen-bond acceptors (Lipinski definition) is 4. The van der Waals surface area contributed by atoms with Gasteiger partial charge < -0.3 is 10.1 Å². The molecule has 0 aliphatic carbocycles. The second-order valence-corrected chi connectivity index (χ2v) is 6.61. The summed E-state index contributed by atoms with van der Waals surface area (Å²) in [6.07, 6.45) is -4.44. The predicted octanol–water partition coefficient (Wildman–Crippen LogP) is 3.79. The fourth-order valence-electron chi connectivity index (χ4n) is 1.51. The number of aromatic nitrogens is 1. The van der Waals surface area contributed by atoms with E-state index < -0.39 is 17.5 Å². The number of nitrogens with one attached hydrogen (secondary N) is 1. The molecule has 0 unspecified atom stereocenters. The summed E-state index contributed by atoms with van der Waals surface area (Å²) in [7, 11) is 1.46. The first-order valence-electron chi connectivity index (χ1n) is 6.41. The maximum atomic E-state index is 13.0. The van der Waals surface area contributed by atoms with Crippen LogP contribution in [0.25, 0.3) is 0 Å². The summed E-state index contributed by atoms with van der Waals surface area (Å²) in [6, 6.07) is 0. The second-order valence-electron chi connectivity index (χ2n) is 5.53. The summed E-state index contributed by atoms with van der Waals surface area (Å²) in [5.74, 6) is 0.382. The Morgan fingerprint density at radius 3 is 2.35 bits per heavy atom. The Balaban J connectivity index is 3.02. The Hall–Kier alpha value is -0.660. The summed E-state index contributed by atoms with van der Waals surface area (Å²) in [5.41, 5.74) is -1.63. The van der Waals surface area contributed by atoms with Crippen molar-refractivity contribution in [3.63, 3.8) is 0 Å².